The summed E-state index contributed by atoms with van der Waals surface area (Å²) < 4.78 is 0. The molecular weight excluding hydrogens is 422 g/mol. The van der Waals surface area contributed by atoms with Gasteiger partial charge in [-0.3, -0.25) is 9.59 Å². The van der Waals surface area contributed by atoms with Crippen LogP contribution in [-0.2, 0) is 9.59 Å². The van der Waals surface area contributed by atoms with E-state index in [1.807, 2.05) is 30.3 Å². The van der Waals surface area contributed by atoms with Crippen molar-refractivity contribution in [1.82, 2.24) is 15.5 Å². The number of nitrogens with zero attached hydrogens (tertiary/aromatic N) is 1. The summed E-state index contributed by atoms with van der Waals surface area (Å²) in [6.45, 7) is 2.33. The average Bonchev–Trinajstić information content (AvgIpc) is 2.81. The summed E-state index contributed by atoms with van der Waals surface area (Å²) >= 11 is 0. The van der Waals surface area contributed by atoms with E-state index in [0.29, 0.717) is 18.9 Å². The second-order valence-corrected chi connectivity index (χ2v) is 9.25. The Hall–Kier alpha value is -2.61. The van der Waals surface area contributed by atoms with Gasteiger partial charge in [0.05, 0.1) is 12.6 Å². The molecule has 0 radical (unpaired) electrons. The number of likely N-dealkylation sites (N-methyl/N-ethyl adjacent to an activating group) is 1. The molecule has 1 saturated carbocycles. The fraction of sp³-hybridized carbons (Fsp3) is 0.640. The first-order chi connectivity index (χ1) is 15.8. The van der Waals surface area contributed by atoms with Crippen molar-refractivity contribution in [1.29, 1.82) is 0 Å². The number of hydrogen-bond donors (Lipinski definition) is 4. The lowest BCUT2D eigenvalue weighted by atomic mass is 9.84. The van der Waals surface area contributed by atoms with Gasteiger partial charge in [0, 0.05) is 20.0 Å². The second kappa shape index (κ2) is 13.8. The standard InChI is InChI=1S/C25H39N3O5/c1-18(20-11-7-4-8-12-20)16-28(2)23(30)14-13-21(17-29)26-24(31)22(27-25(32)33)15-19-9-5-3-6-10-19/h4,7-8,11-12,18-19,21-22,27,29H,3,5-6,9-10,13-17H2,1-2H3,(H,26,31)(H,32,33). The Morgan fingerprint density at radius 1 is 1.09 bits per heavy atom. The van der Waals surface area contributed by atoms with Crippen molar-refractivity contribution in [3.05, 3.63) is 35.9 Å². The Kier molecular flexibility index (Phi) is 11.2. The van der Waals surface area contributed by atoms with Gasteiger partial charge in [0.2, 0.25) is 11.8 Å². The highest BCUT2D eigenvalue weighted by Crippen LogP contribution is 2.27. The monoisotopic (exact) mass is 461 g/mol. The molecule has 0 aromatic heterocycles. The highest BCUT2D eigenvalue weighted by atomic mass is 16.4. The quantitative estimate of drug-likeness (QED) is 0.381. The third kappa shape index (κ3) is 9.42. The number of carboxylic acid groups (broad SMARTS) is 1. The molecule has 184 valence electrons. The minimum Gasteiger partial charge on any atom is -0.465 e. The molecule has 8 nitrogen and oxygen atoms in total. The lowest BCUT2D eigenvalue weighted by Crippen LogP contribution is -2.51. The topological polar surface area (TPSA) is 119 Å². The van der Waals surface area contributed by atoms with Crippen LogP contribution < -0.4 is 10.6 Å². The fourth-order valence-electron chi connectivity index (χ4n) is 4.54. The molecule has 0 spiro atoms. The predicted molar refractivity (Wildman–Crippen MR) is 127 cm³/mol. The van der Waals surface area contributed by atoms with Crippen LogP contribution in [0.4, 0.5) is 4.79 Å². The zero-order valence-corrected chi connectivity index (χ0v) is 19.8. The second-order valence-electron chi connectivity index (χ2n) is 9.25. The van der Waals surface area contributed by atoms with Crippen molar-refractivity contribution in [2.24, 2.45) is 5.92 Å². The number of rotatable bonds is 12. The van der Waals surface area contributed by atoms with Crippen LogP contribution in [0.15, 0.2) is 30.3 Å². The van der Waals surface area contributed by atoms with Crippen LogP contribution >= 0.6 is 0 Å². The van der Waals surface area contributed by atoms with Gasteiger partial charge < -0.3 is 25.7 Å². The van der Waals surface area contributed by atoms with E-state index in [2.05, 4.69) is 17.6 Å². The van der Waals surface area contributed by atoms with Crippen LogP contribution in [0.25, 0.3) is 0 Å². The summed E-state index contributed by atoms with van der Waals surface area (Å²) in [6, 6.07) is 8.52. The number of aliphatic hydroxyl groups excluding tert-OH is 1. The van der Waals surface area contributed by atoms with E-state index in [1.54, 1.807) is 11.9 Å². The average molecular weight is 462 g/mol. The van der Waals surface area contributed by atoms with Crippen LogP contribution in [0.3, 0.4) is 0 Å². The number of carbonyl (C=O) groups excluding carboxylic acids is 2. The largest absolute Gasteiger partial charge is 0.465 e. The molecular formula is C25H39N3O5. The van der Waals surface area contributed by atoms with Gasteiger partial charge in [-0.1, -0.05) is 69.4 Å². The molecule has 4 N–H and O–H groups in total. The molecule has 33 heavy (non-hydrogen) atoms. The molecule has 3 unspecified atom stereocenters. The molecule has 1 aliphatic rings. The van der Waals surface area contributed by atoms with E-state index in [0.717, 1.165) is 31.2 Å². The maximum atomic E-state index is 12.8. The van der Waals surface area contributed by atoms with E-state index < -0.39 is 24.1 Å². The molecule has 1 aromatic carbocycles. The molecule has 1 aliphatic carbocycles. The normalized spacial score (nSPS) is 16.9. The number of nitrogens with one attached hydrogen (secondary N) is 2. The zero-order chi connectivity index (χ0) is 24.2. The van der Waals surface area contributed by atoms with Crippen molar-refractivity contribution in [3.8, 4) is 0 Å². The molecule has 1 fully saturated rings. The predicted octanol–water partition coefficient (Wildman–Crippen LogP) is 3.11. The summed E-state index contributed by atoms with van der Waals surface area (Å²) in [5.41, 5.74) is 1.16. The smallest absolute Gasteiger partial charge is 0.405 e. The van der Waals surface area contributed by atoms with Crippen LogP contribution in [0.1, 0.15) is 69.8 Å². The summed E-state index contributed by atoms with van der Waals surface area (Å²) in [4.78, 5) is 38.2. The Balaban J connectivity index is 1.84. The van der Waals surface area contributed by atoms with Crippen molar-refractivity contribution >= 4 is 17.9 Å². The van der Waals surface area contributed by atoms with Crippen molar-refractivity contribution in [2.75, 3.05) is 20.2 Å². The maximum Gasteiger partial charge on any atom is 0.405 e. The van der Waals surface area contributed by atoms with Crippen molar-refractivity contribution in [3.63, 3.8) is 0 Å². The third-order valence-corrected chi connectivity index (χ3v) is 6.52. The van der Waals surface area contributed by atoms with E-state index in [4.69, 9.17) is 5.11 Å². The zero-order valence-electron chi connectivity index (χ0n) is 19.8. The number of carbonyl (C=O) groups is 3. The van der Waals surface area contributed by atoms with Crippen LogP contribution in [0, 0.1) is 5.92 Å². The summed E-state index contributed by atoms with van der Waals surface area (Å²) in [6.07, 6.45) is 5.06. The first-order valence-corrected chi connectivity index (χ1v) is 12.0. The number of amides is 3. The third-order valence-electron chi connectivity index (χ3n) is 6.52. The molecule has 0 bridgehead atoms. The minimum absolute atomic E-state index is 0.0621. The van der Waals surface area contributed by atoms with Gasteiger partial charge in [0.15, 0.2) is 0 Å². The van der Waals surface area contributed by atoms with E-state index >= 15 is 0 Å². The summed E-state index contributed by atoms with van der Waals surface area (Å²) in [7, 11) is 1.76. The Bertz CT molecular complexity index is 752. The van der Waals surface area contributed by atoms with Crippen molar-refractivity contribution < 1.29 is 24.6 Å². The van der Waals surface area contributed by atoms with E-state index in [9.17, 15) is 19.5 Å². The number of benzene rings is 1. The van der Waals surface area contributed by atoms with Crippen molar-refractivity contribution in [2.45, 2.75) is 76.3 Å². The minimum atomic E-state index is -1.24. The van der Waals surface area contributed by atoms with Gasteiger partial charge in [-0.05, 0) is 30.2 Å². The van der Waals surface area contributed by atoms with Gasteiger partial charge in [-0.15, -0.1) is 0 Å². The summed E-state index contributed by atoms with van der Waals surface area (Å²) in [5, 5.41) is 23.9. The first-order valence-electron chi connectivity index (χ1n) is 12.0. The molecule has 1 aromatic rings. The molecule has 8 heteroatoms. The van der Waals surface area contributed by atoms with E-state index in [1.165, 1.54) is 6.42 Å². The summed E-state index contributed by atoms with van der Waals surface area (Å²) in [5.74, 6) is 0.000289. The lowest BCUT2D eigenvalue weighted by molar-refractivity contribution is -0.131. The van der Waals surface area contributed by atoms with E-state index in [-0.39, 0.29) is 31.3 Å². The fourth-order valence-corrected chi connectivity index (χ4v) is 4.54. The first kappa shape index (κ1) is 26.6. The van der Waals surface area contributed by atoms with Gasteiger partial charge in [-0.25, -0.2) is 4.79 Å². The molecule has 2 rings (SSSR count). The highest BCUT2D eigenvalue weighted by molar-refractivity contribution is 5.85. The van der Waals surface area contributed by atoms with Crippen LogP contribution in [0.5, 0.6) is 0 Å². The Morgan fingerprint density at radius 3 is 2.36 bits per heavy atom. The number of hydrogen-bond acceptors (Lipinski definition) is 4. The SMILES string of the molecule is CC(CN(C)C(=O)CCC(CO)NC(=O)C(CC1CCCCC1)NC(=O)O)c1ccccc1. The molecule has 3 amide bonds. The maximum absolute atomic E-state index is 12.8. The molecule has 0 aliphatic heterocycles. The molecule has 3 atom stereocenters. The van der Waals surface area contributed by atoms with Crippen LogP contribution in [0.2, 0.25) is 0 Å². The Morgan fingerprint density at radius 2 is 1.76 bits per heavy atom. The molecule has 0 saturated heterocycles. The van der Waals surface area contributed by atoms with Gasteiger partial charge in [0.1, 0.15) is 6.04 Å². The molecule has 0 heterocycles. The number of aliphatic hydroxyl groups is 1. The Labute approximate surface area is 196 Å². The lowest BCUT2D eigenvalue weighted by Gasteiger charge is -2.27. The van der Waals surface area contributed by atoms with Gasteiger partial charge >= 0.3 is 6.09 Å². The van der Waals surface area contributed by atoms with Gasteiger partial charge in [0.25, 0.3) is 0 Å². The van der Waals surface area contributed by atoms with Crippen LogP contribution in [-0.4, -0.2) is 65.3 Å². The highest BCUT2D eigenvalue weighted by Gasteiger charge is 2.27. The van der Waals surface area contributed by atoms with Gasteiger partial charge in [-0.2, -0.15) is 0 Å².